The number of aromatic nitrogens is 3. The molecule has 0 aliphatic heterocycles. The number of thioether (sulfide) groups is 1. The molecule has 0 saturated carbocycles. The zero-order valence-electron chi connectivity index (χ0n) is 16.3. The van der Waals surface area contributed by atoms with Crippen molar-refractivity contribution in [1.82, 2.24) is 20.6 Å². The van der Waals surface area contributed by atoms with Crippen molar-refractivity contribution in [2.75, 3.05) is 20.8 Å². The summed E-state index contributed by atoms with van der Waals surface area (Å²) >= 11 is 0.885. The highest BCUT2D eigenvalue weighted by Crippen LogP contribution is 2.38. The molecule has 11 nitrogen and oxygen atoms in total. The van der Waals surface area contributed by atoms with Gasteiger partial charge in [-0.15, -0.1) is 0 Å². The molecule has 12 heteroatoms. The molecule has 3 N–H and O–H groups in total. The normalized spacial score (nSPS) is 11.9. The predicted molar refractivity (Wildman–Crippen MR) is 107 cm³/mol. The van der Waals surface area contributed by atoms with Gasteiger partial charge in [-0.3, -0.25) is 14.6 Å². The van der Waals surface area contributed by atoms with Crippen LogP contribution in [0.25, 0.3) is 0 Å². The number of carbonyl (C=O) groups excluding carboxylic acids is 1. The fourth-order valence-corrected chi connectivity index (χ4v) is 2.91. The molecule has 29 heavy (non-hydrogen) atoms. The molecule has 1 heterocycles. The fraction of sp³-hybridized carbons (Fsp3) is 0.353. The zero-order valence-corrected chi connectivity index (χ0v) is 17.1. The van der Waals surface area contributed by atoms with Crippen LogP contribution < -0.4 is 30.9 Å². The Morgan fingerprint density at radius 3 is 2.52 bits per heavy atom. The Labute approximate surface area is 169 Å². The number of nitrogens with one attached hydrogen (secondary N) is 3. The lowest BCUT2D eigenvalue weighted by atomic mass is 10.2. The molecule has 2 rings (SSSR count). The first kappa shape index (κ1) is 22.0. The second-order valence-electron chi connectivity index (χ2n) is 5.49. The van der Waals surface area contributed by atoms with Crippen LogP contribution in [-0.4, -0.2) is 53.4 Å². The van der Waals surface area contributed by atoms with E-state index in [2.05, 4.69) is 20.7 Å². The summed E-state index contributed by atoms with van der Waals surface area (Å²) < 4.78 is 16.2. The summed E-state index contributed by atoms with van der Waals surface area (Å²) in [5, 5.41) is 8.92. The molecule has 0 radical (unpaired) electrons. The van der Waals surface area contributed by atoms with Crippen LogP contribution in [0.1, 0.15) is 19.4 Å². The van der Waals surface area contributed by atoms with E-state index in [4.69, 9.17) is 14.2 Å². The third kappa shape index (κ3) is 5.85. The van der Waals surface area contributed by atoms with E-state index < -0.39 is 22.4 Å². The van der Waals surface area contributed by atoms with Gasteiger partial charge in [-0.05, 0) is 26.0 Å². The molecule has 1 amide bonds. The van der Waals surface area contributed by atoms with E-state index in [-0.39, 0.29) is 5.03 Å². The van der Waals surface area contributed by atoms with Gasteiger partial charge in [0.2, 0.25) is 5.75 Å². The molecule has 1 aromatic heterocycles. The van der Waals surface area contributed by atoms with Gasteiger partial charge >= 0.3 is 5.69 Å². The van der Waals surface area contributed by atoms with Gasteiger partial charge < -0.3 is 14.2 Å². The van der Waals surface area contributed by atoms with Crippen molar-refractivity contribution in [3.63, 3.8) is 0 Å². The van der Waals surface area contributed by atoms with E-state index in [1.54, 1.807) is 19.1 Å². The highest BCUT2D eigenvalue weighted by atomic mass is 32.2. The van der Waals surface area contributed by atoms with E-state index in [0.717, 1.165) is 11.8 Å². The largest absolute Gasteiger partial charge is 0.493 e. The Morgan fingerprint density at radius 2 is 1.97 bits per heavy atom. The number of carbonyl (C=O) groups is 1. The molecule has 0 spiro atoms. The van der Waals surface area contributed by atoms with Gasteiger partial charge in [0, 0.05) is 5.56 Å². The van der Waals surface area contributed by atoms with E-state index >= 15 is 0 Å². The summed E-state index contributed by atoms with van der Waals surface area (Å²) in [6.07, 6.45) is 1.42. The minimum absolute atomic E-state index is 0.0304. The summed E-state index contributed by atoms with van der Waals surface area (Å²) in [7, 11) is 3.01. The fourth-order valence-electron chi connectivity index (χ4n) is 2.16. The topological polar surface area (TPSA) is 148 Å². The highest BCUT2D eigenvalue weighted by Gasteiger charge is 2.17. The van der Waals surface area contributed by atoms with Crippen LogP contribution in [0, 0.1) is 0 Å². The number of aromatic amines is 2. The van der Waals surface area contributed by atoms with E-state index in [1.165, 1.54) is 20.4 Å². The minimum atomic E-state index is -0.720. The molecule has 0 fully saturated rings. The zero-order chi connectivity index (χ0) is 21.4. The summed E-state index contributed by atoms with van der Waals surface area (Å²) in [4.78, 5) is 36.8. The lowest BCUT2D eigenvalue weighted by molar-refractivity contribution is -0.120. The minimum Gasteiger partial charge on any atom is -0.493 e. The van der Waals surface area contributed by atoms with Crippen LogP contribution >= 0.6 is 11.8 Å². The Bertz CT molecular complexity index is 977. The number of ether oxygens (including phenoxy) is 3. The Balaban J connectivity index is 2.07. The van der Waals surface area contributed by atoms with Crippen molar-refractivity contribution >= 4 is 23.9 Å². The molecular weight excluding hydrogens is 402 g/mol. The van der Waals surface area contributed by atoms with Crippen molar-refractivity contribution in [2.45, 2.75) is 24.1 Å². The standard InChI is InChI=1S/C17H21N5O6S/c1-5-28-13-11(26-3)6-10(7-12(13)27-4)8-18-20-14(23)9(2)29-16-15(24)19-17(25)22-21-16/h6-9H,5H2,1-4H3,(H,20,23)(H2,19,22,24,25)/b18-8+. The number of H-pyrrole nitrogens is 2. The highest BCUT2D eigenvalue weighted by molar-refractivity contribution is 8.00. The number of amides is 1. The van der Waals surface area contributed by atoms with E-state index in [9.17, 15) is 14.4 Å². The predicted octanol–water partition coefficient (Wildman–Crippen LogP) is 0.505. The smallest absolute Gasteiger partial charge is 0.342 e. The molecule has 0 aliphatic rings. The third-order valence-corrected chi connectivity index (χ3v) is 4.57. The van der Waals surface area contributed by atoms with Crippen LogP contribution in [0.2, 0.25) is 0 Å². The van der Waals surface area contributed by atoms with Crippen LogP contribution in [-0.2, 0) is 4.79 Å². The van der Waals surface area contributed by atoms with Gasteiger partial charge in [0.1, 0.15) is 0 Å². The summed E-state index contributed by atoms with van der Waals surface area (Å²) in [5.41, 5.74) is 1.60. The summed E-state index contributed by atoms with van der Waals surface area (Å²) in [6, 6.07) is 3.37. The first-order chi connectivity index (χ1) is 13.9. The molecule has 2 aromatic rings. The maximum absolute atomic E-state index is 12.2. The summed E-state index contributed by atoms with van der Waals surface area (Å²) in [6.45, 7) is 3.86. The van der Waals surface area contributed by atoms with Crippen LogP contribution in [0.4, 0.5) is 0 Å². The van der Waals surface area contributed by atoms with Crippen molar-refractivity contribution < 1.29 is 19.0 Å². The second kappa shape index (κ2) is 10.3. The van der Waals surface area contributed by atoms with Crippen molar-refractivity contribution in [2.24, 2.45) is 5.10 Å². The van der Waals surface area contributed by atoms with Gasteiger partial charge in [-0.25, -0.2) is 15.3 Å². The van der Waals surface area contributed by atoms with Gasteiger partial charge in [0.25, 0.3) is 11.5 Å². The Hall–Kier alpha value is -3.28. The number of hydrogen-bond acceptors (Lipinski definition) is 9. The first-order valence-electron chi connectivity index (χ1n) is 8.47. The van der Waals surface area contributed by atoms with Gasteiger partial charge in [0.05, 0.1) is 32.3 Å². The third-order valence-electron chi connectivity index (χ3n) is 3.50. The lowest BCUT2D eigenvalue weighted by Crippen LogP contribution is -2.30. The average molecular weight is 423 g/mol. The lowest BCUT2D eigenvalue weighted by Gasteiger charge is -2.14. The number of nitrogens with zero attached hydrogens (tertiary/aromatic N) is 2. The summed E-state index contributed by atoms with van der Waals surface area (Å²) in [5.74, 6) is 0.948. The first-order valence-corrected chi connectivity index (χ1v) is 9.34. The van der Waals surface area contributed by atoms with Crippen LogP contribution in [0.3, 0.4) is 0 Å². The van der Waals surface area contributed by atoms with Crippen molar-refractivity contribution in [1.29, 1.82) is 0 Å². The molecule has 156 valence electrons. The van der Waals surface area contributed by atoms with Crippen LogP contribution in [0.15, 0.2) is 31.8 Å². The molecule has 1 unspecified atom stereocenters. The van der Waals surface area contributed by atoms with E-state index in [0.29, 0.717) is 29.4 Å². The SMILES string of the molecule is CCOc1c(OC)cc(/C=N/NC(=O)C(C)Sc2n[nH]c(=O)[nH]c2=O)cc1OC. The number of rotatable bonds is 9. The second-order valence-corrected chi connectivity index (χ2v) is 6.82. The van der Waals surface area contributed by atoms with Gasteiger partial charge in [-0.2, -0.15) is 10.2 Å². The molecule has 0 aliphatic carbocycles. The maximum Gasteiger partial charge on any atom is 0.342 e. The molecule has 0 saturated heterocycles. The number of methoxy groups -OCH3 is 2. The Morgan fingerprint density at radius 1 is 1.31 bits per heavy atom. The van der Waals surface area contributed by atoms with E-state index in [1.807, 2.05) is 11.9 Å². The Kier molecular flexibility index (Phi) is 7.83. The molecule has 0 bridgehead atoms. The van der Waals surface area contributed by atoms with Crippen molar-refractivity contribution in [3.05, 3.63) is 38.5 Å². The van der Waals surface area contributed by atoms with Crippen molar-refractivity contribution in [3.8, 4) is 17.2 Å². The monoisotopic (exact) mass is 423 g/mol. The molecular formula is C17H21N5O6S. The quantitative estimate of drug-likeness (QED) is 0.300. The average Bonchev–Trinajstić information content (AvgIpc) is 2.70. The maximum atomic E-state index is 12.2. The molecule has 1 aromatic carbocycles. The number of hydrazone groups is 1. The molecule has 1 atom stereocenters. The van der Waals surface area contributed by atoms with Gasteiger partial charge in [0.15, 0.2) is 16.5 Å². The number of hydrogen-bond donors (Lipinski definition) is 3. The van der Waals surface area contributed by atoms with Crippen LogP contribution in [0.5, 0.6) is 17.2 Å². The number of benzene rings is 1. The van der Waals surface area contributed by atoms with Gasteiger partial charge in [-0.1, -0.05) is 11.8 Å².